The summed E-state index contributed by atoms with van der Waals surface area (Å²) in [6.45, 7) is 9.23. The van der Waals surface area contributed by atoms with Crippen LogP contribution in [0.3, 0.4) is 0 Å². The maximum atomic E-state index is 2.46. The summed E-state index contributed by atoms with van der Waals surface area (Å²) in [7, 11) is 0. The van der Waals surface area contributed by atoms with Crippen LogP contribution >= 0.6 is 0 Å². The molecule has 2 saturated heterocycles. The average molecular weight is 168 g/mol. The summed E-state index contributed by atoms with van der Waals surface area (Å²) in [5, 5.41) is 0. The molecule has 2 aliphatic heterocycles. The Morgan fingerprint density at radius 1 is 1.25 bits per heavy atom. The second-order valence-corrected chi connectivity index (χ2v) is 4.86. The Balaban J connectivity index is 2.11. The van der Waals surface area contributed by atoms with Crippen LogP contribution in [0.2, 0.25) is 0 Å². The highest BCUT2D eigenvalue weighted by Crippen LogP contribution is 2.39. The molecule has 3 unspecified atom stereocenters. The van der Waals surface area contributed by atoms with Crippen LogP contribution in [0, 0.1) is 5.92 Å². The van der Waals surface area contributed by atoms with Gasteiger partial charge in [-0.15, -0.1) is 0 Å². The van der Waals surface area contributed by atoms with Gasteiger partial charge in [-0.1, -0.05) is 13.8 Å². The fourth-order valence-electron chi connectivity index (χ4n) is 3.64. The topological polar surface area (TPSA) is 0 Å². The molecule has 2 heterocycles. The maximum absolute atomic E-state index is 2.46. The Kier molecular flexibility index (Phi) is 2.16. The Labute approximate surface area is 76.3 Å². The Bertz CT molecular complexity index is 162. The molecule has 2 aliphatic rings. The largest absolute Gasteiger partial charge is 0.321 e. The molecular formula is C11H22N+. The van der Waals surface area contributed by atoms with E-state index in [2.05, 4.69) is 13.8 Å². The molecule has 0 aromatic rings. The van der Waals surface area contributed by atoms with E-state index in [9.17, 15) is 0 Å². The lowest BCUT2D eigenvalue weighted by atomic mass is 10.0. The Hall–Kier alpha value is -0.0400. The van der Waals surface area contributed by atoms with Gasteiger partial charge in [-0.05, 0) is 6.42 Å². The van der Waals surface area contributed by atoms with Gasteiger partial charge >= 0.3 is 0 Å². The van der Waals surface area contributed by atoms with Crippen molar-refractivity contribution >= 4 is 0 Å². The molecule has 0 saturated carbocycles. The van der Waals surface area contributed by atoms with Gasteiger partial charge in [0.25, 0.3) is 0 Å². The molecule has 0 bridgehead atoms. The molecule has 1 heteroatoms. The zero-order chi connectivity index (χ0) is 8.60. The number of hydrogen-bond acceptors (Lipinski definition) is 0. The van der Waals surface area contributed by atoms with E-state index in [1.54, 1.807) is 0 Å². The van der Waals surface area contributed by atoms with Crippen LogP contribution in [0.15, 0.2) is 0 Å². The van der Waals surface area contributed by atoms with Gasteiger partial charge in [0.2, 0.25) is 0 Å². The van der Waals surface area contributed by atoms with Gasteiger partial charge in [0.05, 0.1) is 25.7 Å². The normalized spacial score (nSPS) is 46.5. The summed E-state index contributed by atoms with van der Waals surface area (Å²) in [6.07, 6.45) is 5.88. The molecular weight excluding hydrogens is 146 g/mol. The van der Waals surface area contributed by atoms with Crippen LogP contribution in [0.4, 0.5) is 0 Å². The summed E-state index contributed by atoms with van der Waals surface area (Å²) < 4.78 is 1.50. The molecule has 0 aromatic carbocycles. The summed E-state index contributed by atoms with van der Waals surface area (Å²) in [5.74, 6) is 1.01. The van der Waals surface area contributed by atoms with Gasteiger partial charge in [-0.25, -0.2) is 0 Å². The highest BCUT2D eigenvalue weighted by molar-refractivity contribution is 4.79. The molecule has 12 heavy (non-hydrogen) atoms. The minimum absolute atomic E-state index is 1.01. The molecule has 2 fully saturated rings. The first kappa shape index (κ1) is 8.55. The predicted molar refractivity (Wildman–Crippen MR) is 52.0 cm³/mol. The van der Waals surface area contributed by atoms with Gasteiger partial charge in [0.15, 0.2) is 0 Å². The van der Waals surface area contributed by atoms with Crippen LogP contribution in [-0.2, 0) is 0 Å². The SMILES string of the molecule is CCC[N+]12CCCC1C(C)CC2. The summed E-state index contributed by atoms with van der Waals surface area (Å²) >= 11 is 0. The molecule has 0 N–H and O–H groups in total. The minimum Gasteiger partial charge on any atom is -0.321 e. The van der Waals surface area contributed by atoms with Gasteiger partial charge < -0.3 is 4.48 Å². The third kappa shape index (κ3) is 1.10. The van der Waals surface area contributed by atoms with Gasteiger partial charge in [0.1, 0.15) is 0 Å². The van der Waals surface area contributed by atoms with Crippen molar-refractivity contribution in [3.05, 3.63) is 0 Å². The number of nitrogens with zero attached hydrogens (tertiary/aromatic N) is 1. The molecule has 0 aliphatic carbocycles. The number of fused-ring (bicyclic) bond motifs is 1. The van der Waals surface area contributed by atoms with Crippen LogP contribution in [0.1, 0.15) is 39.5 Å². The Morgan fingerprint density at radius 2 is 2.08 bits per heavy atom. The molecule has 0 amide bonds. The van der Waals surface area contributed by atoms with Gasteiger partial charge in [-0.2, -0.15) is 0 Å². The first-order valence-corrected chi connectivity index (χ1v) is 5.64. The molecule has 3 atom stereocenters. The molecule has 2 rings (SSSR count). The number of hydrogen-bond donors (Lipinski definition) is 0. The lowest BCUT2D eigenvalue weighted by Crippen LogP contribution is -2.49. The van der Waals surface area contributed by atoms with E-state index in [0.29, 0.717) is 0 Å². The predicted octanol–water partition coefficient (Wildman–Crippen LogP) is 2.42. The van der Waals surface area contributed by atoms with E-state index >= 15 is 0 Å². The van der Waals surface area contributed by atoms with Gasteiger partial charge in [0, 0.05) is 25.2 Å². The zero-order valence-corrected chi connectivity index (χ0v) is 8.55. The smallest absolute Gasteiger partial charge is 0.0920 e. The number of rotatable bonds is 2. The Morgan fingerprint density at radius 3 is 2.83 bits per heavy atom. The van der Waals surface area contributed by atoms with E-state index in [4.69, 9.17) is 0 Å². The maximum Gasteiger partial charge on any atom is 0.0920 e. The van der Waals surface area contributed by atoms with E-state index in [0.717, 1.165) is 12.0 Å². The lowest BCUT2D eigenvalue weighted by Gasteiger charge is -2.35. The van der Waals surface area contributed by atoms with Crippen LogP contribution in [0.25, 0.3) is 0 Å². The average Bonchev–Trinajstić information content (AvgIpc) is 2.55. The molecule has 70 valence electrons. The van der Waals surface area contributed by atoms with Crippen molar-refractivity contribution in [3.8, 4) is 0 Å². The van der Waals surface area contributed by atoms with Crippen molar-refractivity contribution in [2.45, 2.75) is 45.6 Å². The number of quaternary nitrogens is 1. The van der Waals surface area contributed by atoms with Gasteiger partial charge in [-0.3, -0.25) is 0 Å². The third-order valence-electron chi connectivity index (χ3n) is 4.16. The standard InChI is InChI=1S/C11H22N/c1-3-7-12-8-4-5-11(12)10(2)6-9-12/h10-11H,3-9H2,1-2H3/q+1. The fourth-order valence-corrected chi connectivity index (χ4v) is 3.64. The lowest BCUT2D eigenvalue weighted by molar-refractivity contribution is -0.928. The minimum atomic E-state index is 1.01. The zero-order valence-electron chi connectivity index (χ0n) is 8.55. The first-order valence-electron chi connectivity index (χ1n) is 5.64. The van der Waals surface area contributed by atoms with Crippen molar-refractivity contribution in [1.82, 2.24) is 0 Å². The summed E-state index contributed by atoms with van der Waals surface area (Å²) in [5.41, 5.74) is 0. The van der Waals surface area contributed by atoms with Crippen LogP contribution in [-0.4, -0.2) is 30.2 Å². The summed E-state index contributed by atoms with van der Waals surface area (Å²) in [4.78, 5) is 0. The van der Waals surface area contributed by atoms with E-state index in [1.165, 1.54) is 49.8 Å². The first-order chi connectivity index (χ1) is 5.78. The molecule has 0 aromatic heterocycles. The van der Waals surface area contributed by atoms with Crippen molar-refractivity contribution in [2.75, 3.05) is 19.6 Å². The highest BCUT2D eigenvalue weighted by Gasteiger charge is 2.48. The van der Waals surface area contributed by atoms with Crippen molar-refractivity contribution in [2.24, 2.45) is 5.92 Å². The van der Waals surface area contributed by atoms with E-state index in [-0.39, 0.29) is 0 Å². The molecule has 0 spiro atoms. The van der Waals surface area contributed by atoms with Crippen molar-refractivity contribution in [1.29, 1.82) is 0 Å². The highest BCUT2D eigenvalue weighted by atomic mass is 15.4. The molecule has 1 nitrogen and oxygen atoms in total. The quantitative estimate of drug-likeness (QED) is 0.555. The van der Waals surface area contributed by atoms with Crippen molar-refractivity contribution < 1.29 is 4.48 Å². The molecule has 0 radical (unpaired) electrons. The summed E-state index contributed by atoms with van der Waals surface area (Å²) in [6, 6.07) is 1.05. The van der Waals surface area contributed by atoms with Crippen LogP contribution in [0.5, 0.6) is 0 Å². The van der Waals surface area contributed by atoms with E-state index < -0.39 is 0 Å². The second kappa shape index (κ2) is 3.02. The van der Waals surface area contributed by atoms with E-state index in [1.807, 2.05) is 0 Å². The van der Waals surface area contributed by atoms with Crippen LogP contribution < -0.4 is 0 Å². The fraction of sp³-hybridized carbons (Fsp3) is 1.00. The van der Waals surface area contributed by atoms with Crippen molar-refractivity contribution in [3.63, 3.8) is 0 Å². The second-order valence-electron chi connectivity index (χ2n) is 4.86. The monoisotopic (exact) mass is 168 g/mol. The third-order valence-corrected chi connectivity index (χ3v) is 4.16.